The van der Waals surface area contributed by atoms with E-state index in [0.29, 0.717) is 13.0 Å². The van der Waals surface area contributed by atoms with E-state index < -0.39 is 35.0 Å². The van der Waals surface area contributed by atoms with Crippen molar-refractivity contribution in [2.24, 2.45) is 17.8 Å². The normalized spacial score (nSPS) is 28.4. The molecule has 0 bridgehead atoms. The number of nitrogens with one attached hydrogen (secondary N) is 2. The van der Waals surface area contributed by atoms with Gasteiger partial charge in [0, 0.05) is 18.5 Å². The summed E-state index contributed by atoms with van der Waals surface area (Å²) in [6, 6.07) is 9.71. The number of ether oxygens (including phenoxy) is 3. The van der Waals surface area contributed by atoms with Gasteiger partial charge in [-0.3, -0.25) is 4.79 Å². The number of carbonyl (C=O) groups excluding carboxylic acids is 3. The Bertz CT molecular complexity index is 837. The lowest BCUT2D eigenvalue weighted by molar-refractivity contribution is -0.153. The fourth-order valence-corrected chi connectivity index (χ4v) is 4.83. The average Bonchev–Trinajstić information content (AvgIpc) is 3.38. The predicted octanol–water partition coefficient (Wildman–Crippen LogP) is 2.80. The van der Waals surface area contributed by atoms with Gasteiger partial charge < -0.3 is 24.8 Å². The van der Waals surface area contributed by atoms with Gasteiger partial charge in [0.15, 0.2) is 0 Å². The highest BCUT2D eigenvalue weighted by Crippen LogP contribution is 2.63. The van der Waals surface area contributed by atoms with Gasteiger partial charge in [-0.2, -0.15) is 0 Å². The van der Waals surface area contributed by atoms with Gasteiger partial charge >= 0.3 is 18.0 Å². The maximum atomic E-state index is 13.2. The minimum absolute atomic E-state index is 0.142. The van der Waals surface area contributed by atoms with Gasteiger partial charge in [-0.1, -0.05) is 30.3 Å². The minimum atomic E-state index is -1.35. The van der Waals surface area contributed by atoms with E-state index in [1.807, 2.05) is 30.3 Å². The van der Waals surface area contributed by atoms with Crippen molar-refractivity contribution in [3.63, 3.8) is 0 Å². The molecule has 2 aliphatic carbocycles. The van der Waals surface area contributed by atoms with Gasteiger partial charge in [0.2, 0.25) is 0 Å². The van der Waals surface area contributed by atoms with Gasteiger partial charge in [0.25, 0.3) is 0 Å². The smallest absolute Gasteiger partial charge is 0.408 e. The molecule has 2 saturated carbocycles. The molecular formula is C24H34N2O6. The summed E-state index contributed by atoms with van der Waals surface area (Å²) in [6.07, 6.45) is -0.397. The first-order valence-corrected chi connectivity index (χ1v) is 11.2. The molecule has 4 unspecified atom stereocenters. The highest BCUT2D eigenvalue weighted by atomic mass is 16.6. The van der Waals surface area contributed by atoms with Crippen molar-refractivity contribution >= 4 is 18.0 Å². The van der Waals surface area contributed by atoms with Gasteiger partial charge in [-0.25, -0.2) is 9.59 Å². The van der Waals surface area contributed by atoms with Crippen LogP contribution in [-0.2, 0) is 30.3 Å². The molecule has 176 valence electrons. The molecule has 8 heteroatoms. The number of benzene rings is 1. The Hall–Kier alpha value is -2.61. The largest absolute Gasteiger partial charge is 0.466 e. The second kappa shape index (κ2) is 9.48. The summed E-state index contributed by atoms with van der Waals surface area (Å²) in [4.78, 5) is 38.6. The molecule has 3 rings (SSSR count). The van der Waals surface area contributed by atoms with Crippen molar-refractivity contribution in [3.05, 3.63) is 35.9 Å². The van der Waals surface area contributed by atoms with Crippen LogP contribution in [0.25, 0.3) is 0 Å². The van der Waals surface area contributed by atoms with E-state index in [1.165, 1.54) is 0 Å². The number of amides is 1. The molecule has 1 aromatic carbocycles. The van der Waals surface area contributed by atoms with Crippen molar-refractivity contribution in [1.82, 2.24) is 10.6 Å². The van der Waals surface area contributed by atoms with E-state index >= 15 is 0 Å². The lowest BCUT2D eigenvalue weighted by atomic mass is 9.88. The second-order valence-corrected chi connectivity index (χ2v) is 9.38. The highest BCUT2D eigenvalue weighted by Gasteiger charge is 2.76. The van der Waals surface area contributed by atoms with E-state index in [0.717, 1.165) is 5.56 Å². The van der Waals surface area contributed by atoms with E-state index in [9.17, 15) is 14.4 Å². The second-order valence-electron chi connectivity index (χ2n) is 9.38. The monoisotopic (exact) mass is 446 g/mol. The van der Waals surface area contributed by atoms with Crippen LogP contribution in [0, 0.1) is 17.8 Å². The number of rotatable bonds is 8. The maximum absolute atomic E-state index is 13.2. The zero-order chi connectivity index (χ0) is 23.5. The van der Waals surface area contributed by atoms with Crippen LogP contribution in [0.3, 0.4) is 0 Å². The standard InChI is InChI=1S/C24H34N2O6/c1-6-30-20(27)18-17-16(25-14-15-11-9-8-10-12-15)13-24(19(17)18,21(28)31-7-2)26-22(29)32-23(3,4)5/h8-12,16-19,25H,6-7,13-14H2,1-5H3,(H,26,29)/t16?,17?,18-,19?,24?/m0/s1. The molecule has 1 amide bonds. The zero-order valence-corrected chi connectivity index (χ0v) is 19.5. The van der Waals surface area contributed by atoms with E-state index in [2.05, 4.69) is 10.6 Å². The summed E-state index contributed by atoms with van der Waals surface area (Å²) in [6.45, 7) is 9.72. The first kappa shape index (κ1) is 24.0. The molecule has 1 aromatic rings. The van der Waals surface area contributed by atoms with Crippen LogP contribution < -0.4 is 10.6 Å². The van der Waals surface area contributed by atoms with Crippen LogP contribution >= 0.6 is 0 Å². The Balaban J connectivity index is 1.87. The number of fused-ring (bicyclic) bond motifs is 1. The fourth-order valence-electron chi connectivity index (χ4n) is 4.83. The number of alkyl carbamates (subject to hydrolysis) is 1. The lowest BCUT2D eigenvalue weighted by Gasteiger charge is -2.33. The maximum Gasteiger partial charge on any atom is 0.408 e. The third-order valence-electron chi connectivity index (χ3n) is 5.98. The predicted molar refractivity (Wildman–Crippen MR) is 118 cm³/mol. The number of hydrogen-bond acceptors (Lipinski definition) is 7. The Labute approximate surface area is 189 Å². The molecule has 2 N–H and O–H groups in total. The summed E-state index contributed by atoms with van der Waals surface area (Å²) in [5.74, 6) is -1.94. The summed E-state index contributed by atoms with van der Waals surface area (Å²) in [5.41, 5.74) is -0.993. The topological polar surface area (TPSA) is 103 Å². The van der Waals surface area contributed by atoms with Crippen LogP contribution in [0.15, 0.2) is 30.3 Å². The van der Waals surface area contributed by atoms with Gasteiger partial charge in [0.05, 0.1) is 19.1 Å². The molecule has 0 radical (unpaired) electrons. The van der Waals surface area contributed by atoms with Crippen LogP contribution in [0.5, 0.6) is 0 Å². The molecule has 5 atom stereocenters. The van der Waals surface area contributed by atoms with Crippen LogP contribution in [0.1, 0.15) is 46.6 Å². The summed E-state index contributed by atoms with van der Waals surface area (Å²) >= 11 is 0. The summed E-state index contributed by atoms with van der Waals surface area (Å²) in [7, 11) is 0. The summed E-state index contributed by atoms with van der Waals surface area (Å²) < 4.78 is 16.1. The Morgan fingerprint density at radius 3 is 2.31 bits per heavy atom. The lowest BCUT2D eigenvalue weighted by Crippen LogP contribution is -2.58. The van der Waals surface area contributed by atoms with E-state index in [1.54, 1.807) is 34.6 Å². The molecule has 0 heterocycles. The van der Waals surface area contributed by atoms with Gasteiger partial charge in [0.1, 0.15) is 11.1 Å². The quantitative estimate of drug-likeness (QED) is 0.467. The fraction of sp³-hybridized carbons (Fsp3) is 0.625. The van der Waals surface area contributed by atoms with Crippen molar-refractivity contribution in [2.45, 2.75) is 64.8 Å². The Morgan fingerprint density at radius 2 is 1.72 bits per heavy atom. The molecule has 0 aliphatic heterocycles. The third-order valence-corrected chi connectivity index (χ3v) is 5.98. The van der Waals surface area contributed by atoms with E-state index in [-0.39, 0.29) is 31.1 Å². The Morgan fingerprint density at radius 1 is 1.06 bits per heavy atom. The van der Waals surface area contributed by atoms with Crippen LogP contribution in [0.4, 0.5) is 4.79 Å². The molecule has 2 aliphatic rings. The third kappa shape index (κ3) is 5.06. The van der Waals surface area contributed by atoms with Crippen molar-refractivity contribution in [2.75, 3.05) is 13.2 Å². The van der Waals surface area contributed by atoms with Crippen LogP contribution in [0.2, 0.25) is 0 Å². The average molecular weight is 447 g/mol. The molecule has 32 heavy (non-hydrogen) atoms. The molecule has 0 saturated heterocycles. The summed E-state index contributed by atoms with van der Waals surface area (Å²) in [5, 5.41) is 6.28. The van der Waals surface area contributed by atoms with Crippen molar-refractivity contribution in [1.29, 1.82) is 0 Å². The zero-order valence-electron chi connectivity index (χ0n) is 19.5. The first-order valence-electron chi connectivity index (χ1n) is 11.2. The molecule has 0 aromatic heterocycles. The van der Waals surface area contributed by atoms with E-state index in [4.69, 9.17) is 14.2 Å². The molecule has 2 fully saturated rings. The van der Waals surface area contributed by atoms with Crippen LogP contribution in [-0.4, -0.2) is 48.4 Å². The number of carbonyl (C=O) groups is 3. The molecule has 8 nitrogen and oxygen atoms in total. The molecular weight excluding hydrogens is 412 g/mol. The highest BCUT2D eigenvalue weighted by molar-refractivity contribution is 5.91. The van der Waals surface area contributed by atoms with Gasteiger partial charge in [-0.15, -0.1) is 0 Å². The van der Waals surface area contributed by atoms with Crippen molar-refractivity contribution in [3.8, 4) is 0 Å². The minimum Gasteiger partial charge on any atom is -0.466 e. The Kier molecular flexibility index (Phi) is 7.12. The SMILES string of the molecule is CCOC(=O)[C@H]1C2C(NCc3ccccc3)CC(NC(=O)OC(C)(C)C)(C(=O)OCC)C21. The molecule has 0 spiro atoms. The first-order chi connectivity index (χ1) is 15.1. The number of esters is 2. The van der Waals surface area contributed by atoms with Crippen molar-refractivity contribution < 1.29 is 28.6 Å². The number of hydrogen-bond donors (Lipinski definition) is 2. The van der Waals surface area contributed by atoms with Gasteiger partial charge in [-0.05, 0) is 52.5 Å².